The number of rotatable bonds is 5. The molecule has 4 aromatic rings. The van der Waals surface area contributed by atoms with E-state index in [-0.39, 0.29) is 16.6 Å². The van der Waals surface area contributed by atoms with Gasteiger partial charge < -0.3 is 25.6 Å². The van der Waals surface area contributed by atoms with E-state index in [1.165, 1.54) is 16.9 Å². The molecule has 3 aromatic heterocycles. The summed E-state index contributed by atoms with van der Waals surface area (Å²) in [5.41, 5.74) is 6.46. The van der Waals surface area contributed by atoms with Crippen LogP contribution in [0.2, 0.25) is 0 Å². The van der Waals surface area contributed by atoms with Crippen molar-refractivity contribution in [2.75, 3.05) is 56.4 Å². The molecule has 0 bridgehead atoms. The van der Waals surface area contributed by atoms with Crippen molar-refractivity contribution in [1.29, 1.82) is 0 Å². The first-order valence-electron chi connectivity index (χ1n) is 13.8. The van der Waals surface area contributed by atoms with Gasteiger partial charge in [0.1, 0.15) is 5.56 Å². The number of nitrogens with zero attached hydrogens (tertiary/aromatic N) is 5. The Kier molecular flexibility index (Phi) is 5.94. The van der Waals surface area contributed by atoms with Crippen LogP contribution in [0.4, 0.5) is 20.2 Å². The molecule has 2 atom stereocenters. The molecule has 7 rings (SSSR count). The van der Waals surface area contributed by atoms with Gasteiger partial charge in [0.25, 0.3) is 0 Å². The van der Waals surface area contributed by atoms with E-state index in [1.807, 2.05) is 0 Å². The van der Waals surface area contributed by atoms with Crippen molar-refractivity contribution >= 4 is 28.4 Å². The third-order valence-electron chi connectivity index (χ3n) is 9.09. The van der Waals surface area contributed by atoms with Crippen LogP contribution in [0.25, 0.3) is 33.3 Å². The molecule has 0 amide bonds. The number of benzene rings is 1. The molecular formula is C30H29F2N7O3. The fourth-order valence-electron chi connectivity index (χ4n) is 7.01. The fourth-order valence-corrected chi connectivity index (χ4v) is 7.01. The molecule has 3 N–H and O–H groups in total. The zero-order valence-electron chi connectivity index (χ0n) is 23.3. The highest BCUT2D eigenvalue weighted by Gasteiger charge is 2.42. The van der Waals surface area contributed by atoms with E-state index in [0.717, 1.165) is 25.2 Å². The summed E-state index contributed by atoms with van der Waals surface area (Å²) in [5, 5.41) is 12.8. The molecule has 0 radical (unpaired) electrons. The number of hydrogen-bond donors (Lipinski definition) is 3. The van der Waals surface area contributed by atoms with Crippen molar-refractivity contribution in [1.82, 2.24) is 19.5 Å². The van der Waals surface area contributed by atoms with Gasteiger partial charge in [-0.3, -0.25) is 9.78 Å². The smallest absolute Gasteiger partial charge is 0.341 e. The molecule has 5 heterocycles. The quantitative estimate of drug-likeness (QED) is 0.291. The number of pyridine rings is 3. The standard InChI is InChI=1S/C30H29F2N7O3/c1-33-21-8-20(31)26(32)24-16(21)7-22-25(24)27(38-11-14-4-5-37(3)23(14)13-38)18(10-35-22)15-6-17-28(40)19(30(41)42)12-39(34-2)29(17)36-9-15/h6,8-10,12,14,23,33-34H,4-5,7,11,13H2,1-3H3,(H,41,42)/t14-,23+/m0/s1. The van der Waals surface area contributed by atoms with Crippen LogP contribution in [0.15, 0.2) is 35.5 Å². The van der Waals surface area contributed by atoms with Gasteiger partial charge in [-0.05, 0) is 37.6 Å². The van der Waals surface area contributed by atoms with Crippen molar-refractivity contribution in [2.45, 2.75) is 18.9 Å². The first-order valence-corrected chi connectivity index (χ1v) is 13.8. The van der Waals surface area contributed by atoms with Gasteiger partial charge in [-0.25, -0.2) is 23.2 Å². The Labute approximate surface area is 239 Å². The van der Waals surface area contributed by atoms with Crippen LogP contribution in [-0.2, 0) is 6.42 Å². The van der Waals surface area contributed by atoms with E-state index in [9.17, 15) is 19.1 Å². The summed E-state index contributed by atoms with van der Waals surface area (Å²) in [6.45, 7) is 2.45. The summed E-state index contributed by atoms with van der Waals surface area (Å²) in [7, 11) is 5.38. The van der Waals surface area contributed by atoms with Crippen LogP contribution in [0, 0.1) is 17.6 Å². The number of halogens is 2. The molecule has 42 heavy (non-hydrogen) atoms. The predicted molar refractivity (Wildman–Crippen MR) is 156 cm³/mol. The lowest BCUT2D eigenvalue weighted by molar-refractivity contribution is 0.0695. The molecule has 12 heteroatoms. The number of hydrogen-bond acceptors (Lipinski definition) is 8. The van der Waals surface area contributed by atoms with Gasteiger partial charge in [-0.2, -0.15) is 0 Å². The molecule has 1 aliphatic carbocycles. The van der Waals surface area contributed by atoms with Crippen molar-refractivity contribution < 1.29 is 18.7 Å². The Morgan fingerprint density at radius 1 is 1.12 bits per heavy atom. The Morgan fingerprint density at radius 3 is 2.64 bits per heavy atom. The number of likely N-dealkylation sites (N-methyl/N-ethyl adjacent to an activating group) is 1. The molecule has 216 valence electrons. The Bertz CT molecular complexity index is 1870. The maximum atomic E-state index is 15.7. The fraction of sp³-hybridized carbons (Fsp3) is 0.333. The Morgan fingerprint density at radius 2 is 1.93 bits per heavy atom. The van der Waals surface area contributed by atoms with E-state index in [2.05, 4.69) is 32.6 Å². The first kappa shape index (κ1) is 26.3. The third-order valence-corrected chi connectivity index (χ3v) is 9.09. The third kappa shape index (κ3) is 3.71. The zero-order chi connectivity index (χ0) is 29.4. The summed E-state index contributed by atoms with van der Waals surface area (Å²) in [6, 6.07) is 3.11. The Hall–Kier alpha value is -4.58. The van der Waals surface area contributed by atoms with Crippen molar-refractivity contribution in [3.63, 3.8) is 0 Å². The lowest BCUT2D eigenvalue weighted by Crippen LogP contribution is -2.32. The first-order chi connectivity index (χ1) is 20.2. The van der Waals surface area contributed by atoms with Crippen LogP contribution in [0.5, 0.6) is 0 Å². The number of carbonyl (C=O) groups is 1. The van der Waals surface area contributed by atoms with Gasteiger partial charge in [-0.1, -0.05) is 0 Å². The number of likely N-dealkylation sites (tertiary alicyclic amines) is 1. The number of carboxylic acid groups (broad SMARTS) is 1. The highest BCUT2D eigenvalue weighted by Crippen LogP contribution is 2.51. The van der Waals surface area contributed by atoms with Gasteiger partial charge in [-0.15, -0.1) is 0 Å². The van der Waals surface area contributed by atoms with Crippen LogP contribution >= 0.6 is 0 Å². The second kappa shape index (κ2) is 9.48. The van der Waals surface area contributed by atoms with Gasteiger partial charge in [0.05, 0.1) is 16.8 Å². The Balaban J connectivity index is 1.50. The number of fused-ring (bicyclic) bond motifs is 5. The van der Waals surface area contributed by atoms with Crippen LogP contribution < -0.4 is 21.1 Å². The zero-order valence-corrected chi connectivity index (χ0v) is 23.3. The van der Waals surface area contributed by atoms with Crippen molar-refractivity contribution in [2.24, 2.45) is 5.92 Å². The topological polar surface area (TPSA) is 116 Å². The number of nitrogens with one attached hydrogen (secondary N) is 2. The maximum Gasteiger partial charge on any atom is 0.341 e. The van der Waals surface area contributed by atoms with E-state index >= 15 is 4.39 Å². The summed E-state index contributed by atoms with van der Waals surface area (Å²) in [4.78, 5) is 38.9. The number of carboxylic acids is 1. The molecule has 2 saturated heterocycles. The normalized spacial score (nSPS) is 19.2. The highest BCUT2D eigenvalue weighted by molar-refractivity contribution is 5.98. The lowest BCUT2D eigenvalue weighted by atomic mass is 9.97. The molecule has 1 aromatic carbocycles. The summed E-state index contributed by atoms with van der Waals surface area (Å²) in [6.07, 6.45) is 5.89. The van der Waals surface area contributed by atoms with Gasteiger partial charge in [0.15, 0.2) is 17.3 Å². The summed E-state index contributed by atoms with van der Waals surface area (Å²) >= 11 is 0. The van der Waals surface area contributed by atoms with E-state index in [4.69, 9.17) is 4.98 Å². The molecular weight excluding hydrogens is 544 g/mol. The van der Waals surface area contributed by atoms with Crippen molar-refractivity contribution in [3.8, 4) is 22.3 Å². The van der Waals surface area contributed by atoms with Gasteiger partial charge >= 0.3 is 5.97 Å². The summed E-state index contributed by atoms with van der Waals surface area (Å²) < 4.78 is 32.0. The van der Waals surface area contributed by atoms with Crippen LogP contribution in [-0.4, -0.2) is 77.4 Å². The molecule has 2 aliphatic heterocycles. The number of aromatic nitrogens is 3. The maximum absolute atomic E-state index is 15.7. The molecule has 2 fully saturated rings. The van der Waals surface area contributed by atoms with E-state index in [1.54, 1.807) is 32.6 Å². The predicted octanol–water partition coefficient (Wildman–Crippen LogP) is 3.36. The highest BCUT2D eigenvalue weighted by atomic mass is 19.2. The minimum absolute atomic E-state index is 0.112. The second-order valence-corrected chi connectivity index (χ2v) is 11.2. The lowest BCUT2D eigenvalue weighted by Gasteiger charge is -2.27. The average Bonchev–Trinajstić information content (AvgIpc) is 3.68. The molecule has 0 spiro atoms. The van der Waals surface area contributed by atoms with Gasteiger partial charge in [0.2, 0.25) is 5.43 Å². The van der Waals surface area contributed by atoms with E-state index in [0.29, 0.717) is 58.6 Å². The minimum atomic E-state index is -1.35. The monoisotopic (exact) mass is 573 g/mol. The van der Waals surface area contributed by atoms with Gasteiger partial charge in [0, 0.05) is 92.2 Å². The van der Waals surface area contributed by atoms with Crippen molar-refractivity contribution in [3.05, 3.63) is 69.4 Å². The SMILES string of the molecule is CNc1cc(F)c(F)c2c1Cc1ncc(-c3cnc4c(c3)c(=O)c(C(=O)O)cn4NC)c(N3C[C@@H]4CCN(C)[C@@H]4C3)c1-2. The number of anilines is 2. The van der Waals surface area contributed by atoms with Crippen LogP contribution in [0.3, 0.4) is 0 Å². The molecule has 0 saturated carbocycles. The molecule has 3 aliphatic rings. The summed E-state index contributed by atoms with van der Waals surface area (Å²) in [5.74, 6) is -2.78. The largest absolute Gasteiger partial charge is 0.477 e. The average molecular weight is 574 g/mol. The second-order valence-electron chi connectivity index (χ2n) is 11.2. The molecule has 0 unspecified atom stereocenters. The minimum Gasteiger partial charge on any atom is -0.477 e. The van der Waals surface area contributed by atoms with Crippen LogP contribution in [0.1, 0.15) is 28.0 Å². The molecule has 10 nitrogen and oxygen atoms in total. The van der Waals surface area contributed by atoms with E-state index < -0.39 is 28.6 Å². The number of aromatic carboxylic acids is 1.